The van der Waals surface area contributed by atoms with Gasteiger partial charge in [-0.25, -0.2) is 0 Å². The average Bonchev–Trinajstić information content (AvgIpc) is 2.88. The molecule has 0 aromatic heterocycles. The fraction of sp³-hybridized carbons (Fsp3) is 0.571. The Morgan fingerprint density at radius 1 is 1.50 bits per heavy atom. The molecule has 4 heteroatoms. The lowest BCUT2D eigenvalue weighted by atomic mass is 9.87. The van der Waals surface area contributed by atoms with Gasteiger partial charge in [-0.05, 0) is 18.9 Å². The topological polar surface area (TPSA) is 56.5 Å². The summed E-state index contributed by atoms with van der Waals surface area (Å²) in [6, 6.07) is 8.09. The molecule has 1 fully saturated rings. The van der Waals surface area contributed by atoms with Crippen molar-refractivity contribution in [2.75, 3.05) is 13.7 Å². The van der Waals surface area contributed by atoms with Crippen molar-refractivity contribution in [3.63, 3.8) is 0 Å². The van der Waals surface area contributed by atoms with Gasteiger partial charge in [0.2, 0.25) is 0 Å². The van der Waals surface area contributed by atoms with Gasteiger partial charge < -0.3 is 9.47 Å². The van der Waals surface area contributed by atoms with Gasteiger partial charge in [0.25, 0.3) is 0 Å². The monoisotopic (exact) mass is 250 g/mol. The summed E-state index contributed by atoms with van der Waals surface area (Å²) in [4.78, 5) is 0. The first-order chi connectivity index (χ1) is 8.81. The molecule has 0 bridgehead atoms. The first-order valence-corrected chi connectivity index (χ1v) is 6.52. The molecule has 1 aromatic rings. The highest BCUT2D eigenvalue weighted by atomic mass is 16.5. The molecule has 18 heavy (non-hydrogen) atoms. The molecule has 0 aliphatic carbocycles. The quantitative estimate of drug-likeness (QED) is 0.620. The number of hydrazine groups is 1. The van der Waals surface area contributed by atoms with Crippen LogP contribution in [0.4, 0.5) is 0 Å². The van der Waals surface area contributed by atoms with Crippen molar-refractivity contribution >= 4 is 0 Å². The summed E-state index contributed by atoms with van der Waals surface area (Å²) in [6.07, 6.45) is 2.32. The van der Waals surface area contributed by atoms with Crippen molar-refractivity contribution in [2.24, 2.45) is 11.8 Å². The lowest BCUT2D eigenvalue weighted by molar-refractivity contribution is 0.0771. The molecule has 1 aliphatic rings. The lowest BCUT2D eigenvalue weighted by Gasteiger charge is -2.28. The minimum absolute atomic E-state index is 0.0774. The molecule has 0 radical (unpaired) electrons. The van der Waals surface area contributed by atoms with Gasteiger partial charge in [-0.15, -0.1) is 0 Å². The second-order valence-corrected chi connectivity index (χ2v) is 4.66. The van der Waals surface area contributed by atoms with E-state index in [2.05, 4.69) is 18.4 Å². The summed E-state index contributed by atoms with van der Waals surface area (Å²) in [5.74, 6) is 7.04. The zero-order chi connectivity index (χ0) is 13.0. The van der Waals surface area contributed by atoms with Crippen LogP contribution in [0.3, 0.4) is 0 Å². The fourth-order valence-corrected chi connectivity index (χ4v) is 2.83. The summed E-state index contributed by atoms with van der Waals surface area (Å²) in [6.45, 7) is 2.97. The molecule has 4 nitrogen and oxygen atoms in total. The van der Waals surface area contributed by atoms with E-state index in [4.69, 9.17) is 15.3 Å². The number of nitrogens with one attached hydrogen (secondary N) is 1. The predicted octanol–water partition coefficient (Wildman–Crippen LogP) is 2.01. The summed E-state index contributed by atoms with van der Waals surface area (Å²) < 4.78 is 11.2. The van der Waals surface area contributed by atoms with Crippen LogP contribution in [0.1, 0.15) is 31.4 Å². The summed E-state index contributed by atoms with van der Waals surface area (Å²) in [7, 11) is 1.69. The minimum atomic E-state index is 0.0774. The van der Waals surface area contributed by atoms with Crippen molar-refractivity contribution in [3.05, 3.63) is 29.8 Å². The second-order valence-electron chi connectivity index (χ2n) is 4.66. The number of methoxy groups -OCH3 is 1. The van der Waals surface area contributed by atoms with Crippen LogP contribution in [0.15, 0.2) is 24.3 Å². The van der Waals surface area contributed by atoms with Gasteiger partial charge in [-0.2, -0.15) is 0 Å². The SMILES string of the molecule is CCC1OCCC1C(NN)c1ccccc1OC. The van der Waals surface area contributed by atoms with Crippen LogP contribution >= 0.6 is 0 Å². The van der Waals surface area contributed by atoms with Crippen LogP contribution in [0.25, 0.3) is 0 Å². The zero-order valence-corrected chi connectivity index (χ0v) is 11.1. The summed E-state index contributed by atoms with van der Waals surface area (Å²) in [5.41, 5.74) is 4.05. The molecule has 2 rings (SSSR count). The minimum Gasteiger partial charge on any atom is -0.496 e. The van der Waals surface area contributed by atoms with E-state index in [1.54, 1.807) is 7.11 Å². The van der Waals surface area contributed by atoms with Crippen molar-refractivity contribution in [2.45, 2.75) is 31.9 Å². The fourth-order valence-electron chi connectivity index (χ4n) is 2.83. The number of hydrogen-bond donors (Lipinski definition) is 2. The highest BCUT2D eigenvalue weighted by Crippen LogP contribution is 2.37. The Kier molecular flexibility index (Phi) is 4.58. The molecule has 0 saturated carbocycles. The van der Waals surface area contributed by atoms with E-state index in [0.29, 0.717) is 5.92 Å². The predicted molar refractivity (Wildman–Crippen MR) is 71.2 cm³/mol. The first-order valence-electron chi connectivity index (χ1n) is 6.52. The Labute approximate surface area is 108 Å². The van der Waals surface area contributed by atoms with Crippen LogP contribution in [0.5, 0.6) is 5.75 Å². The number of rotatable bonds is 5. The maximum Gasteiger partial charge on any atom is 0.123 e. The third-order valence-corrected chi connectivity index (χ3v) is 3.74. The molecular weight excluding hydrogens is 228 g/mol. The Morgan fingerprint density at radius 2 is 2.28 bits per heavy atom. The van der Waals surface area contributed by atoms with Gasteiger partial charge in [0, 0.05) is 18.1 Å². The van der Waals surface area contributed by atoms with Crippen molar-refractivity contribution < 1.29 is 9.47 Å². The molecule has 3 unspecified atom stereocenters. The molecule has 1 heterocycles. The van der Waals surface area contributed by atoms with E-state index in [1.165, 1.54) is 0 Å². The van der Waals surface area contributed by atoms with E-state index >= 15 is 0 Å². The highest BCUT2D eigenvalue weighted by molar-refractivity contribution is 5.36. The van der Waals surface area contributed by atoms with Gasteiger partial charge in [-0.1, -0.05) is 25.1 Å². The van der Waals surface area contributed by atoms with Gasteiger partial charge in [0.05, 0.1) is 19.3 Å². The van der Waals surface area contributed by atoms with E-state index in [0.717, 1.165) is 30.8 Å². The van der Waals surface area contributed by atoms with Crippen LogP contribution in [0, 0.1) is 5.92 Å². The molecule has 1 aliphatic heterocycles. The Bertz CT molecular complexity index is 384. The average molecular weight is 250 g/mol. The van der Waals surface area contributed by atoms with Crippen LogP contribution in [0.2, 0.25) is 0 Å². The van der Waals surface area contributed by atoms with Crippen LogP contribution < -0.4 is 16.0 Å². The van der Waals surface area contributed by atoms with Gasteiger partial charge in [0.1, 0.15) is 5.75 Å². The normalized spacial score (nSPS) is 25.1. The van der Waals surface area contributed by atoms with Crippen molar-refractivity contribution in [3.8, 4) is 5.75 Å². The number of ether oxygens (including phenoxy) is 2. The van der Waals surface area contributed by atoms with Gasteiger partial charge >= 0.3 is 0 Å². The number of benzene rings is 1. The standard InChI is InChI=1S/C14H22N2O2/c1-3-12-11(8-9-18-12)14(16-15)10-6-4-5-7-13(10)17-2/h4-7,11-12,14,16H,3,8-9,15H2,1-2H3. The molecule has 0 spiro atoms. The van der Waals surface area contributed by atoms with E-state index < -0.39 is 0 Å². The molecule has 0 amide bonds. The van der Waals surface area contributed by atoms with E-state index in [9.17, 15) is 0 Å². The third kappa shape index (κ3) is 2.51. The summed E-state index contributed by atoms with van der Waals surface area (Å²) >= 11 is 0. The molecule has 3 atom stereocenters. The smallest absolute Gasteiger partial charge is 0.123 e. The molecule has 3 N–H and O–H groups in total. The number of nitrogens with two attached hydrogens (primary N) is 1. The number of hydrogen-bond acceptors (Lipinski definition) is 4. The Hall–Kier alpha value is -1.10. The number of para-hydroxylation sites is 1. The van der Waals surface area contributed by atoms with Crippen LogP contribution in [-0.2, 0) is 4.74 Å². The maximum absolute atomic E-state index is 5.76. The van der Waals surface area contributed by atoms with Crippen molar-refractivity contribution in [1.82, 2.24) is 5.43 Å². The largest absolute Gasteiger partial charge is 0.496 e. The zero-order valence-electron chi connectivity index (χ0n) is 11.1. The molecule has 1 saturated heterocycles. The third-order valence-electron chi connectivity index (χ3n) is 3.74. The van der Waals surface area contributed by atoms with Crippen molar-refractivity contribution in [1.29, 1.82) is 0 Å². The second kappa shape index (κ2) is 6.18. The molecule has 1 aromatic carbocycles. The maximum atomic E-state index is 5.76. The van der Waals surface area contributed by atoms with Gasteiger partial charge in [0.15, 0.2) is 0 Å². The highest BCUT2D eigenvalue weighted by Gasteiger charge is 2.35. The molecular formula is C14H22N2O2. The lowest BCUT2D eigenvalue weighted by Crippen LogP contribution is -2.37. The van der Waals surface area contributed by atoms with Gasteiger partial charge in [-0.3, -0.25) is 11.3 Å². The Balaban J connectivity index is 2.27. The first kappa shape index (κ1) is 13.3. The van der Waals surface area contributed by atoms with Crippen LogP contribution in [-0.4, -0.2) is 19.8 Å². The molecule has 100 valence electrons. The van der Waals surface area contributed by atoms with E-state index in [-0.39, 0.29) is 12.1 Å². The Morgan fingerprint density at radius 3 is 2.94 bits per heavy atom. The summed E-state index contributed by atoms with van der Waals surface area (Å²) in [5, 5.41) is 0. The van der Waals surface area contributed by atoms with E-state index in [1.807, 2.05) is 18.2 Å².